The number of aromatic carboxylic acids is 1. The number of pyridine rings is 1. The van der Waals surface area contributed by atoms with Crippen molar-refractivity contribution in [3.05, 3.63) is 29.6 Å². The SMILES string of the molecule is O=C(O)c1c[nH]c2nccc(CN[C@H](CC(F)(F)F)C(=O)NC3CCCC3)c12. The van der Waals surface area contributed by atoms with Crippen LogP contribution in [0, 0.1) is 0 Å². The van der Waals surface area contributed by atoms with Crippen molar-refractivity contribution in [3.8, 4) is 0 Å². The molecule has 3 rings (SSSR count). The van der Waals surface area contributed by atoms with Crippen molar-refractivity contribution in [2.75, 3.05) is 0 Å². The number of H-pyrrole nitrogens is 1. The molecule has 1 fully saturated rings. The van der Waals surface area contributed by atoms with Crippen molar-refractivity contribution in [2.24, 2.45) is 0 Å². The minimum absolute atomic E-state index is 0.0253. The number of fused-ring (bicyclic) bond motifs is 1. The Morgan fingerprint density at radius 2 is 2.04 bits per heavy atom. The highest BCUT2D eigenvalue weighted by molar-refractivity contribution is 6.03. The number of nitrogens with zero attached hydrogens (tertiary/aromatic N) is 1. The van der Waals surface area contributed by atoms with Crippen LogP contribution < -0.4 is 10.6 Å². The molecule has 2 heterocycles. The summed E-state index contributed by atoms with van der Waals surface area (Å²) in [5.41, 5.74) is 0.742. The fourth-order valence-corrected chi connectivity index (χ4v) is 3.53. The topological polar surface area (TPSA) is 107 Å². The zero-order valence-electron chi connectivity index (χ0n) is 15.0. The Labute approximate surface area is 158 Å². The minimum atomic E-state index is -4.52. The molecule has 4 N–H and O–H groups in total. The molecule has 1 saturated carbocycles. The summed E-state index contributed by atoms with van der Waals surface area (Å²) in [6.07, 6.45) is 0.312. The highest BCUT2D eigenvalue weighted by Crippen LogP contribution is 2.25. The Kier molecular flexibility index (Phi) is 5.87. The molecule has 2 aromatic heterocycles. The lowest BCUT2D eigenvalue weighted by Crippen LogP contribution is -2.48. The molecule has 0 saturated heterocycles. The first-order valence-electron chi connectivity index (χ1n) is 9.03. The number of rotatable bonds is 7. The van der Waals surface area contributed by atoms with Gasteiger partial charge in [-0.1, -0.05) is 12.8 Å². The molecular formula is C18H21F3N4O3. The number of halogens is 3. The van der Waals surface area contributed by atoms with Gasteiger partial charge < -0.3 is 20.7 Å². The highest BCUT2D eigenvalue weighted by Gasteiger charge is 2.36. The number of alkyl halides is 3. The molecule has 0 spiro atoms. The van der Waals surface area contributed by atoms with Crippen LogP contribution in [-0.2, 0) is 11.3 Å². The molecule has 1 aliphatic carbocycles. The van der Waals surface area contributed by atoms with Crippen molar-refractivity contribution in [2.45, 2.75) is 56.9 Å². The first kappa shape index (κ1) is 20.1. The number of carbonyl (C=O) groups is 2. The predicted molar refractivity (Wildman–Crippen MR) is 94.8 cm³/mol. The third-order valence-corrected chi connectivity index (χ3v) is 4.88. The lowest BCUT2D eigenvalue weighted by Gasteiger charge is -2.22. The summed E-state index contributed by atoms with van der Waals surface area (Å²) in [6, 6.07) is -0.0354. The van der Waals surface area contributed by atoms with E-state index in [1.54, 1.807) is 0 Å². The van der Waals surface area contributed by atoms with Gasteiger partial charge in [-0.2, -0.15) is 13.2 Å². The second-order valence-corrected chi connectivity index (χ2v) is 6.94. The fourth-order valence-electron chi connectivity index (χ4n) is 3.53. The largest absolute Gasteiger partial charge is 0.478 e. The van der Waals surface area contributed by atoms with Crippen molar-refractivity contribution in [3.63, 3.8) is 0 Å². The van der Waals surface area contributed by atoms with E-state index in [0.29, 0.717) is 16.6 Å². The van der Waals surface area contributed by atoms with Crippen molar-refractivity contribution >= 4 is 22.9 Å². The van der Waals surface area contributed by atoms with Crippen LogP contribution in [0.1, 0.15) is 48.0 Å². The van der Waals surface area contributed by atoms with Crippen LogP contribution in [0.2, 0.25) is 0 Å². The van der Waals surface area contributed by atoms with Crippen LogP contribution in [-0.4, -0.2) is 45.2 Å². The van der Waals surface area contributed by atoms with E-state index in [-0.39, 0.29) is 18.2 Å². The molecule has 0 aromatic carbocycles. The molecule has 1 aliphatic rings. The summed E-state index contributed by atoms with van der Waals surface area (Å²) < 4.78 is 38.9. The van der Waals surface area contributed by atoms with Gasteiger partial charge in [-0.05, 0) is 24.5 Å². The summed E-state index contributed by atoms with van der Waals surface area (Å²) >= 11 is 0. The molecule has 7 nitrogen and oxygen atoms in total. The zero-order chi connectivity index (χ0) is 20.3. The van der Waals surface area contributed by atoms with Crippen LogP contribution in [0.5, 0.6) is 0 Å². The third kappa shape index (κ3) is 4.80. The average Bonchev–Trinajstić information content (AvgIpc) is 3.26. The van der Waals surface area contributed by atoms with E-state index in [1.165, 1.54) is 18.5 Å². The lowest BCUT2D eigenvalue weighted by atomic mass is 10.1. The molecule has 0 radical (unpaired) electrons. The number of aromatic amines is 1. The summed E-state index contributed by atoms with van der Waals surface area (Å²) in [6.45, 7) is -0.101. The normalized spacial score (nSPS) is 16.4. The van der Waals surface area contributed by atoms with Gasteiger partial charge in [-0.15, -0.1) is 0 Å². The van der Waals surface area contributed by atoms with Crippen LogP contribution in [0.25, 0.3) is 11.0 Å². The first-order chi connectivity index (χ1) is 13.2. The number of carboxylic acid groups (broad SMARTS) is 1. The van der Waals surface area contributed by atoms with Crippen LogP contribution >= 0.6 is 0 Å². The minimum Gasteiger partial charge on any atom is -0.478 e. The number of hydrogen-bond donors (Lipinski definition) is 4. The van der Waals surface area contributed by atoms with Gasteiger partial charge >= 0.3 is 12.1 Å². The molecule has 1 amide bonds. The van der Waals surface area contributed by atoms with Crippen LogP contribution in [0.3, 0.4) is 0 Å². The van der Waals surface area contributed by atoms with Gasteiger partial charge in [0.1, 0.15) is 5.65 Å². The van der Waals surface area contributed by atoms with E-state index in [9.17, 15) is 27.9 Å². The second-order valence-electron chi connectivity index (χ2n) is 6.94. The van der Waals surface area contributed by atoms with E-state index in [2.05, 4.69) is 20.6 Å². The quantitative estimate of drug-likeness (QED) is 0.574. The third-order valence-electron chi connectivity index (χ3n) is 4.88. The van der Waals surface area contributed by atoms with Gasteiger partial charge in [0, 0.05) is 30.4 Å². The number of hydrogen-bond acceptors (Lipinski definition) is 4. The van der Waals surface area contributed by atoms with E-state index in [4.69, 9.17) is 0 Å². The molecule has 2 aromatic rings. The molecule has 152 valence electrons. The van der Waals surface area contributed by atoms with E-state index >= 15 is 0 Å². The van der Waals surface area contributed by atoms with Crippen molar-refractivity contribution in [1.29, 1.82) is 0 Å². The second kappa shape index (κ2) is 8.17. The summed E-state index contributed by atoms with van der Waals surface area (Å²) in [4.78, 5) is 30.5. The fraction of sp³-hybridized carbons (Fsp3) is 0.500. The summed E-state index contributed by atoms with van der Waals surface area (Å²) in [7, 11) is 0. The summed E-state index contributed by atoms with van der Waals surface area (Å²) in [5.74, 6) is -1.87. The van der Waals surface area contributed by atoms with Crippen molar-refractivity contribution in [1.82, 2.24) is 20.6 Å². The molecule has 28 heavy (non-hydrogen) atoms. The monoisotopic (exact) mass is 398 g/mol. The zero-order valence-corrected chi connectivity index (χ0v) is 15.0. The highest BCUT2D eigenvalue weighted by atomic mass is 19.4. The molecule has 10 heteroatoms. The maximum Gasteiger partial charge on any atom is 0.391 e. The summed E-state index contributed by atoms with van der Waals surface area (Å²) in [5, 5.41) is 14.9. The number of aromatic nitrogens is 2. The number of amides is 1. The number of nitrogens with one attached hydrogen (secondary N) is 3. The standard InChI is InChI=1S/C18H21F3N4O3/c19-18(20,21)7-13(16(26)25-11-3-1-2-4-11)23-8-10-5-6-22-15-14(10)12(9-24-15)17(27)28/h5-6,9,11,13,23H,1-4,7-8H2,(H,22,24)(H,25,26)(H,27,28)/t13-/m1/s1. The average molecular weight is 398 g/mol. The lowest BCUT2D eigenvalue weighted by molar-refractivity contribution is -0.149. The number of carbonyl (C=O) groups excluding carboxylic acids is 1. The molecular weight excluding hydrogens is 377 g/mol. The van der Waals surface area contributed by atoms with E-state index in [0.717, 1.165) is 25.7 Å². The van der Waals surface area contributed by atoms with Gasteiger partial charge in [-0.25, -0.2) is 9.78 Å². The molecule has 0 unspecified atom stereocenters. The Balaban J connectivity index is 1.77. The Hall–Kier alpha value is -2.62. The molecule has 1 atom stereocenters. The van der Waals surface area contributed by atoms with Gasteiger partial charge in [0.25, 0.3) is 0 Å². The van der Waals surface area contributed by atoms with Gasteiger partial charge in [-0.3, -0.25) is 4.79 Å². The van der Waals surface area contributed by atoms with Crippen LogP contribution in [0.4, 0.5) is 13.2 Å². The van der Waals surface area contributed by atoms with Gasteiger partial charge in [0.2, 0.25) is 5.91 Å². The predicted octanol–water partition coefficient (Wildman–Crippen LogP) is 2.73. The first-order valence-corrected chi connectivity index (χ1v) is 9.03. The maximum atomic E-state index is 13.0. The molecule has 0 bridgehead atoms. The maximum absolute atomic E-state index is 13.0. The smallest absolute Gasteiger partial charge is 0.391 e. The van der Waals surface area contributed by atoms with E-state index in [1.807, 2.05) is 0 Å². The van der Waals surface area contributed by atoms with Gasteiger partial charge in [0.15, 0.2) is 0 Å². The van der Waals surface area contributed by atoms with Crippen LogP contribution in [0.15, 0.2) is 18.5 Å². The Morgan fingerprint density at radius 1 is 1.32 bits per heavy atom. The molecule has 0 aliphatic heterocycles. The van der Waals surface area contributed by atoms with Gasteiger partial charge in [0.05, 0.1) is 18.0 Å². The number of carboxylic acids is 1. The Bertz CT molecular complexity index is 859. The van der Waals surface area contributed by atoms with E-state index < -0.39 is 30.5 Å². The Morgan fingerprint density at radius 3 is 2.68 bits per heavy atom. The van der Waals surface area contributed by atoms with Crippen molar-refractivity contribution < 1.29 is 27.9 Å².